The second kappa shape index (κ2) is 6.40. The lowest BCUT2D eigenvalue weighted by molar-refractivity contribution is -0.0266. The van der Waals surface area contributed by atoms with E-state index >= 15 is 0 Å². The van der Waals surface area contributed by atoms with Crippen molar-refractivity contribution >= 4 is 23.2 Å². The highest BCUT2D eigenvalue weighted by atomic mass is 32.1. The lowest BCUT2D eigenvalue weighted by Crippen LogP contribution is -2.60. The highest BCUT2D eigenvalue weighted by Gasteiger charge is 2.50. The van der Waals surface area contributed by atoms with Gasteiger partial charge in [0.1, 0.15) is 16.8 Å². The lowest BCUT2D eigenvalue weighted by Gasteiger charge is -2.47. The van der Waals surface area contributed by atoms with Gasteiger partial charge in [-0.3, -0.25) is 4.98 Å². The molecule has 0 bridgehead atoms. The van der Waals surface area contributed by atoms with Gasteiger partial charge < -0.3 is 14.5 Å². The van der Waals surface area contributed by atoms with Crippen LogP contribution in [0.3, 0.4) is 0 Å². The summed E-state index contributed by atoms with van der Waals surface area (Å²) in [6.07, 6.45) is 2.57. The number of carbonyl (C=O) groups excluding carboxylic acids is 1. The number of likely N-dealkylation sites (tertiary alicyclic amines) is 1. The van der Waals surface area contributed by atoms with Crippen molar-refractivity contribution in [2.45, 2.75) is 39.7 Å². The Morgan fingerprint density at radius 1 is 1.30 bits per heavy atom. The van der Waals surface area contributed by atoms with Crippen LogP contribution in [-0.2, 0) is 4.74 Å². The summed E-state index contributed by atoms with van der Waals surface area (Å²) in [6.45, 7) is 10.9. The molecule has 2 aromatic rings. The van der Waals surface area contributed by atoms with Crippen LogP contribution < -0.4 is 4.90 Å². The van der Waals surface area contributed by atoms with E-state index in [1.54, 1.807) is 16.6 Å². The fraction of sp³-hybridized carbons (Fsp3) is 0.611. The minimum Gasteiger partial charge on any atom is -0.444 e. The Morgan fingerprint density at radius 2 is 2.07 bits per heavy atom. The van der Waals surface area contributed by atoms with E-state index in [2.05, 4.69) is 20.1 Å². The van der Waals surface area contributed by atoms with Crippen LogP contribution in [0.4, 0.5) is 10.6 Å². The van der Waals surface area contributed by atoms with E-state index in [0.717, 1.165) is 54.8 Å². The zero-order valence-corrected chi connectivity index (χ0v) is 16.9. The molecular weight excluding hydrogens is 364 g/mol. The summed E-state index contributed by atoms with van der Waals surface area (Å²) >= 11 is 1.46. The number of anilines is 1. The maximum absolute atomic E-state index is 12.2. The molecule has 1 spiro atoms. The van der Waals surface area contributed by atoms with E-state index in [1.807, 2.05) is 27.7 Å². The first kappa shape index (κ1) is 18.1. The molecule has 2 aliphatic rings. The third-order valence-corrected chi connectivity index (χ3v) is 5.67. The Hall–Kier alpha value is -2.29. The van der Waals surface area contributed by atoms with Crippen LogP contribution in [0.1, 0.15) is 32.9 Å². The van der Waals surface area contributed by atoms with Crippen molar-refractivity contribution in [1.29, 1.82) is 0 Å². The zero-order valence-electron chi connectivity index (χ0n) is 16.1. The number of nitrogens with zero attached hydrogens (tertiary/aromatic N) is 6. The van der Waals surface area contributed by atoms with Crippen LogP contribution in [0.25, 0.3) is 10.7 Å². The molecule has 8 nitrogen and oxygen atoms in total. The van der Waals surface area contributed by atoms with Crippen molar-refractivity contribution in [3.63, 3.8) is 0 Å². The average Bonchev–Trinajstić information content (AvgIpc) is 3.22. The first-order chi connectivity index (χ1) is 12.7. The van der Waals surface area contributed by atoms with E-state index in [-0.39, 0.29) is 11.5 Å². The monoisotopic (exact) mass is 388 g/mol. The number of carbonyl (C=O) groups is 1. The molecule has 0 N–H and O–H groups in total. The van der Waals surface area contributed by atoms with Crippen LogP contribution in [0.2, 0.25) is 0 Å². The minimum absolute atomic E-state index is 0.129. The Morgan fingerprint density at radius 3 is 2.74 bits per heavy atom. The van der Waals surface area contributed by atoms with E-state index in [9.17, 15) is 4.79 Å². The molecule has 144 valence electrons. The predicted molar refractivity (Wildman–Crippen MR) is 103 cm³/mol. The molecule has 1 amide bonds. The highest BCUT2D eigenvalue weighted by Crippen LogP contribution is 2.42. The second-order valence-corrected chi connectivity index (χ2v) is 9.25. The maximum Gasteiger partial charge on any atom is 0.410 e. The van der Waals surface area contributed by atoms with Crippen molar-refractivity contribution in [1.82, 2.24) is 25.1 Å². The summed E-state index contributed by atoms with van der Waals surface area (Å²) < 4.78 is 5.47. The molecule has 0 radical (unpaired) electrons. The van der Waals surface area contributed by atoms with E-state index in [1.165, 1.54) is 11.3 Å². The first-order valence-electron chi connectivity index (χ1n) is 9.08. The molecule has 9 heteroatoms. The molecule has 2 aromatic heterocycles. The molecule has 0 aromatic carbocycles. The molecule has 0 unspecified atom stereocenters. The summed E-state index contributed by atoms with van der Waals surface area (Å²) in [5.74, 6) is 0.898. The molecule has 0 atom stereocenters. The normalized spacial score (nSPS) is 18.7. The lowest BCUT2D eigenvalue weighted by atomic mass is 9.79. The first-order valence-corrected chi connectivity index (χ1v) is 9.96. The number of aromatic nitrogens is 4. The highest BCUT2D eigenvalue weighted by molar-refractivity contribution is 7.12. The average molecular weight is 388 g/mol. The van der Waals surface area contributed by atoms with Crippen molar-refractivity contribution in [3.8, 4) is 10.7 Å². The number of aryl methyl sites for hydroxylation is 1. The number of ether oxygens (including phenoxy) is 1. The molecule has 27 heavy (non-hydrogen) atoms. The van der Waals surface area contributed by atoms with E-state index in [4.69, 9.17) is 9.72 Å². The van der Waals surface area contributed by atoms with Gasteiger partial charge >= 0.3 is 6.09 Å². The van der Waals surface area contributed by atoms with Gasteiger partial charge in [-0.25, -0.2) is 9.78 Å². The number of amides is 1. The van der Waals surface area contributed by atoms with Gasteiger partial charge in [-0.05, 0) is 34.1 Å². The van der Waals surface area contributed by atoms with E-state index in [0.29, 0.717) is 0 Å². The fourth-order valence-electron chi connectivity index (χ4n) is 3.72. The maximum atomic E-state index is 12.2. The molecule has 2 fully saturated rings. The van der Waals surface area contributed by atoms with Gasteiger partial charge in [0.25, 0.3) is 0 Å². The summed E-state index contributed by atoms with van der Waals surface area (Å²) in [7, 11) is 0. The van der Waals surface area contributed by atoms with Gasteiger partial charge in [0, 0.05) is 31.6 Å². The SMILES string of the molecule is Cc1ncc(-c2nncs2)nc1N1CCC2(CN(C(=O)OC(C)(C)C)C2)C1. The minimum atomic E-state index is -0.459. The molecule has 0 aliphatic carbocycles. The summed E-state index contributed by atoms with van der Waals surface area (Å²) in [6, 6.07) is 0. The van der Waals surface area contributed by atoms with Crippen LogP contribution in [-0.4, -0.2) is 62.9 Å². The predicted octanol–water partition coefficient (Wildman–Crippen LogP) is 2.75. The van der Waals surface area contributed by atoms with Crippen LogP contribution in [0.15, 0.2) is 11.7 Å². The Labute approximate surface area is 162 Å². The third-order valence-electron chi connectivity index (χ3n) is 4.95. The Kier molecular flexibility index (Phi) is 4.29. The standard InChI is InChI=1S/C18H24N6O2S/c1-12-14(21-13(7-19-12)15-22-20-11-27-15)23-6-5-18(8-23)9-24(10-18)16(25)26-17(2,3)4/h7,11H,5-6,8-10H2,1-4H3. The van der Waals surface area contributed by atoms with Gasteiger partial charge in [0.15, 0.2) is 10.8 Å². The molecule has 2 aliphatic heterocycles. The largest absolute Gasteiger partial charge is 0.444 e. The number of hydrogen-bond acceptors (Lipinski definition) is 8. The van der Waals surface area contributed by atoms with Gasteiger partial charge in [-0.1, -0.05) is 11.3 Å². The number of hydrogen-bond donors (Lipinski definition) is 0. The van der Waals surface area contributed by atoms with Gasteiger partial charge in [0.2, 0.25) is 0 Å². The van der Waals surface area contributed by atoms with Crippen molar-refractivity contribution in [3.05, 3.63) is 17.4 Å². The molecule has 2 saturated heterocycles. The molecule has 4 heterocycles. The van der Waals surface area contributed by atoms with Gasteiger partial charge in [-0.15, -0.1) is 10.2 Å². The fourth-order valence-corrected chi connectivity index (χ4v) is 4.23. The van der Waals surface area contributed by atoms with Crippen molar-refractivity contribution in [2.24, 2.45) is 5.41 Å². The topological polar surface area (TPSA) is 84.3 Å². The van der Waals surface area contributed by atoms with Crippen LogP contribution in [0, 0.1) is 12.3 Å². The Bertz CT molecular complexity index is 842. The zero-order chi connectivity index (χ0) is 19.2. The third kappa shape index (κ3) is 3.60. The van der Waals surface area contributed by atoms with Gasteiger partial charge in [0.05, 0.1) is 11.9 Å². The van der Waals surface area contributed by atoms with E-state index < -0.39 is 5.60 Å². The molecular formula is C18H24N6O2S. The summed E-state index contributed by atoms with van der Waals surface area (Å²) in [5, 5.41) is 8.74. The molecule has 4 rings (SSSR count). The molecule has 0 saturated carbocycles. The van der Waals surface area contributed by atoms with Crippen LogP contribution >= 0.6 is 11.3 Å². The van der Waals surface area contributed by atoms with Crippen molar-refractivity contribution < 1.29 is 9.53 Å². The van der Waals surface area contributed by atoms with Crippen LogP contribution in [0.5, 0.6) is 0 Å². The van der Waals surface area contributed by atoms with Gasteiger partial charge in [-0.2, -0.15) is 0 Å². The smallest absolute Gasteiger partial charge is 0.410 e. The quantitative estimate of drug-likeness (QED) is 0.782. The summed E-state index contributed by atoms with van der Waals surface area (Å²) in [5.41, 5.74) is 3.02. The van der Waals surface area contributed by atoms with Crippen molar-refractivity contribution in [2.75, 3.05) is 31.1 Å². The second-order valence-electron chi connectivity index (χ2n) is 8.42. The Balaban J connectivity index is 1.44. The number of rotatable bonds is 2. The summed E-state index contributed by atoms with van der Waals surface area (Å²) in [4.78, 5) is 25.6.